The lowest BCUT2D eigenvalue weighted by molar-refractivity contribution is 0.252. The van der Waals surface area contributed by atoms with Crippen LogP contribution in [-0.4, -0.2) is 40.8 Å². The summed E-state index contributed by atoms with van der Waals surface area (Å²) in [4.78, 5) is 20.4. The van der Waals surface area contributed by atoms with Crippen molar-refractivity contribution in [1.29, 1.82) is 0 Å². The van der Waals surface area contributed by atoms with E-state index < -0.39 is 0 Å². The van der Waals surface area contributed by atoms with Crippen molar-refractivity contribution in [1.82, 2.24) is 19.9 Å². The van der Waals surface area contributed by atoms with Crippen molar-refractivity contribution in [2.45, 2.75) is 0 Å². The van der Waals surface area contributed by atoms with Gasteiger partial charge in [0.25, 0.3) is 0 Å². The van der Waals surface area contributed by atoms with Crippen molar-refractivity contribution < 1.29 is 9.53 Å². The fourth-order valence-corrected chi connectivity index (χ4v) is 2.56. The van der Waals surface area contributed by atoms with Gasteiger partial charge in [-0.25, -0.2) is 14.8 Å². The molecule has 0 aliphatic rings. The molecule has 3 N–H and O–H groups in total. The molecule has 140 valence electrons. The van der Waals surface area contributed by atoms with Crippen molar-refractivity contribution in [2.75, 3.05) is 30.8 Å². The van der Waals surface area contributed by atoms with Crippen LogP contribution < -0.4 is 20.7 Å². The molecule has 2 amide bonds. The number of aromatic nitrogens is 3. The molecule has 27 heavy (non-hydrogen) atoms. The highest BCUT2D eigenvalue weighted by Gasteiger charge is 2.08. The summed E-state index contributed by atoms with van der Waals surface area (Å²) in [5.41, 5.74) is 0.502. The number of nitrogens with one attached hydrogen (secondary N) is 3. The van der Waals surface area contributed by atoms with E-state index in [1.165, 1.54) is 13.4 Å². The average Bonchev–Trinajstić information content (AvgIpc) is 3.21. The average molecular weight is 387 g/mol. The minimum absolute atomic E-state index is 0.354. The number of amides is 2. The lowest BCUT2D eigenvalue weighted by atomic mass is 10.3. The highest BCUT2D eigenvalue weighted by Crippen LogP contribution is 2.27. The maximum atomic E-state index is 12.0. The van der Waals surface area contributed by atoms with Gasteiger partial charge in [-0.05, 0) is 30.3 Å². The van der Waals surface area contributed by atoms with Crippen LogP contribution in [0.15, 0.2) is 55.1 Å². The third-order valence-corrected chi connectivity index (χ3v) is 3.88. The second kappa shape index (κ2) is 8.91. The molecule has 0 saturated heterocycles. The second-order valence-corrected chi connectivity index (χ2v) is 5.94. The summed E-state index contributed by atoms with van der Waals surface area (Å²) in [5, 5.41) is 9.12. The molecule has 2 aromatic heterocycles. The van der Waals surface area contributed by atoms with Gasteiger partial charge in [-0.2, -0.15) is 0 Å². The zero-order chi connectivity index (χ0) is 19.1. The van der Waals surface area contributed by atoms with Gasteiger partial charge >= 0.3 is 6.03 Å². The quantitative estimate of drug-likeness (QED) is 0.542. The number of rotatable bonds is 7. The van der Waals surface area contributed by atoms with Gasteiger partial charge in [-0.15, -0.1) is 0 Å². The van der Waals surface area contributed by atoms with E-state index in [2.05, 4.69) is 25.9 Å². The van der Waals surface area contributed by atoms with Gasteiger partial charge < -0.3 is 25.3 Å². The zero-order valence-corrected chi connectivity index (χ0v) is 15.4. The monoisotopic (exact) mass is 386 g/mol. The van der Waals surface area contributed by atoms with Gasteiger partial charge in [0.2, 0.25) is 0 Å². The Labute approximate surface area is 161 Å². The van der Waals surface area contributed by atoms with Gasteiger partial charge in [-0.3, -0.25) is 0 Å². The zero-order valence-electron chi connectivity index (χ0n) is 14.6. The van der Waals surface area contributed by atoms with Crippen molar-refractivity contribution >= 4 is 29.1 Å². The molecular formula is C18H19ClN6O2. The largest absolute Gasteiger partial charge is 0.495 e. The van der Waals surface area contributed by atoms with Crippen LogP contribution in [0, 0.1) is 0 Å². The van der Waals surface area contributed by atoms with Crippen LogP contribution in [0.2, 0.25) is 5.02 Å². The van der Waals surface area contributed by atoms with Crippen LogP contribution >= 0.6 is 11.6 Å². The minimum Gasteiger partial charge on any atom is -0.495 e. The number of nitrogens with zero attached hydrogens (tertiary/aromatic N) is 3. The van der Waals surface area contributed by atoms with Gasteiger partial charge in [0.15, 0.2) is 0 Å². The number of hydrogen-bond donors (Lipinski definition) is 3. The first kappa shape index (κ1) is 18.5. The van der Waals surface area contributed by atoms with Crippen molar-refractivity contribution in [2.24, 2.45) is 0 Å². The van der Waals surface area contributed by atoms with E-state index in [9.17, 15) is 4.79 Å². The fraction of sp³-hybridized carbons (Fsp3) is 0.167. The summed E-state index contributed by atoms with van der Waals surface area (Å²) in [7, 11) is 1.53. The first-order valence-corrected chi connectivity index (χ1v) is 8.61. The minimum atomic E-state index is -0.354. The summed E-state index contributed by atoms with van der Waals surface area (Å²) in [6.45, 7) is 0.903. The summed E-state index contributed by atoms with van der Waals surface area (Å²) >= 11 is 5.95. The standard InChI is InChI=1S/C18H19ClN6O2/c1-27-15-5-4-13(19)10-14(15)24-18(26)21-7-6-20-16-11-17(23-12-22-16)25-8-2-3-9-25/h2-5,8-12H,6-7H2,1H3,(H,20,22,23)(H2,21,24,26). The Kier molecular flexibility index (Phi) is 6.11. The Morgan fingerprint density at radius 2 is 2.00 bits per heavy atom. The number of hydrogen-bond acceptors (Lipinski definition) is 5. The van der Waals surface area contributed by atoms with E-state index in [0.29, 0.717) is 35.4 Å². The SMILES string of the molecule is COc1ccc(Cl)cc1NC(=O)NCCNc1cc(-n2cccc2)ncn1. The number of anilines is 2. The van der Waals surface area contributed by atoms with Crippen molar-refractivity contribution in [3.8, 4) is 11.6 Å². The van der Waals surface area contributed by atoms with Crippen molar-refractivity contribution in [3.63, 3.8) is 0 Å². The molecule has 0 aliphatic heterocycles. The van der Waals surface area contributed by atoms with Crippen molar-refractivity contribution in [3.05, 3.63) is 60.1 Å². The number of ether oxygens (including phenoxy) is 1. The van der Waals surface area contributed by atoms with E-state index >= 15 is 0 Å². The molecule has 2 heterocycles. The van der Waals surface area contributed by atoms with E-state index in [4.69, 9.17) is 16.3 Å². The van der Waals surface area contributed by atoms with Crippen LogP contribution in [0.25, 0.3) is 5.82 Å². The maximum Gasteiger partial charge on any atom is 0.319 e. The van der Waals surface area contributed by atoms with Gasteiger partial charge in [-0.1, -0.05) is 11.6 Å². The van der Waals surface area contributed by atoms with E-state index in [1.807, 2.05) is 35.2 Å². The Morgan fingerprint density at radius 1 is 1.19 bits per heavy atom. The Hall–Kier alpha value is -3.26. The van der Waals surface area contributed by atoms with Crippen LogP contribution in [0.4, 0.5) is 16.3 Å². The second-order valence-electron chi connectivity index (χ2n) is 5.50. The molecule has 1 aromatic carbocycles. The molecular weight excluding hydrogens is 368 g/mol. The molecule has 9 heteroatoms. The molecule has 0 unspecified atom stereocenters. The number of methoxy groups -OCH3 is 1. The van der Waals surface area contributed by atoms with Gasteiger partial charge in [0.1, 0.15) is 23.7 Å². The molecule has 0 atom stereocenters. The van der Waals surface area contributed by atoms with E-state index in [1.54, 1.807) is 18.2 Å². The molecule has 0 spiro atoms. The topological polar surface area (TPSA) is 93.1 Å². The lowest BCUT2D eigenvalue weighted by Crippen LogP contribution is -2.32. The fourth-order valence-electron chi connectivity index (χ4n) is 2.38. The van der Waals surface area contributed by atoms with Crippen LogP contribution in [-0.2, 0) is 0 Å². The van der Waals surface area contributed by atoms with Crippen LogP contribution in [0.3, 0.4) is 0 Å². The van der Waals surface area contributed by atoms with Crippen LogP contribution in [0.5, 0.6) is 5.75 Å². The normalized spacial score (nSPS) is 10.3. The van der Waals surface area contributed by atoms with E-state index in [-0.39, 0.29) is 6.03 Å². The maximum absolute atomic E-state index is 12.0. The molecule has 8 nitrogen and oxygen atoms in total. The third kappa shape index (κ3) is 5.11. The summed E-state index contributed by atoms with van der Waals surface area (Å²) < 4.78 is 7.08. The number of carbonyl (C=O) groups is 1. The first-order valence-electron chi connectivity index (χ1n) is 8.23. The third-order valence-electron chi connectivity index (χ3n) is 3.65. The summed E-state index contributed by atoms with van der Waals surface area (Å²) in [5.74, 6) is 1.97. The van der Waals surface area contributed by atoms with Gasteiger partial charge in [0.05, 0.1) is 12.8 Å². The predicted octanol–water partition coefficient (Wildman–Crippen LogP) is 3.16. The van der Waals surface area contributed by atoms with Gasteiger partial charge in [0, 0.05) is 36.6 Å². The molecule has 0 bridgehead atoms. The highest BCUT2D eigenvalue weighted by atomic mass is 35.5. The van der Waals surface area contributed by atoms with Crippen LogP contribution in [0.1, 0.15) is 0 Å². The first-order chi connectivity index (χ1) is 13.2. The number of carbonyl (C=O) groups excluding carboxylic acids is 1. The lowest BCUT2D eigenvalue weighted by Gasteiger charge is -2.12. The molecule has 0 radical (unpaired) electrons. The molecule has 0 saturated carbocycles. The summed E-state index contributed by atoms with van der Waals surface area (Å²) in [6.07, 6.45) is 5.30. The Bertz CT molecular complexity index is 901. The molecule has 0 aliphatic carbocycles. The van der Waals surface area contributed by atoms with E-state index in [0.717, 1.165) is 5.82 Å². The number of halogens is 1. The number of benzene rings is 1. The number of urea groups is 1. The molecule has 3 aromatic rings. The summed E-state index contributed by atoms with van der Waals surface area (Å²) in [6, 6.07) is 10.3. The molecule has 3 rings (SSSR count). The Morgan fingerprint density at radius 3 is 2.78 bits per heavy atom. The highest BCUT2D eigenvalue weighted by molar-refractivity contribution is 6.31. The molecule has 0 fully saturated rings. The Balaban J connectivity index is 1.47. The predicted molar refractivity (Wildman–Crippen MR) is 105 cm³/mol. The smallest absolute Gasteiger partial charge is 0.319 e.